The van der Waals surface area contributed by atoms with E-state index >= 15 is 0 Å². The zero-order valence-corrected chi connectivity index (χ0v) is 15.8. The molecule has 1 heterocycles. The van der Waals surface area contributed by atoms with Crippen molar-refractivity contribution in [3.63, 3.8) is 0 Å². The Morgan fingerprint density at radius 3 is 2.48 bits per heavy atom. The summed E-state index contributed by atoms with van der Waals surface area (Å²) in [5, 5.41) is 2.98. The van der Waals surface area contributed by atoms with Gasteiger partial charge in [-0.25, -0.2) is 0 Å². The molecule has 3 nitrogen and oxygen atoms in total. The fourth-order valence-electron chi connectivity index (χ4n) is 1.95. The molecule has 112 valence electrons. The summed E-state index contributed by atoms with van der Waals surface area (Å²) < 4.78 is 1.84. The van der Waals surface area contributed by atoms with Gasteiger partial charge in [0, 0.05) is 17.6 Å². The van der Waals surface area contributed by atoms with Gasteiger partial charge in [0.15, 0.2) is 0 Å². The van der Waals surface area contributed by atoms with Crippen LogP contribution in [0, 0.1) is 0 Å². The number of hydrogen-bond acceptors (Lipinski definition) is 3. The third-order valence-corrected chi connectivity index (χ3v) is 6.17. The Kier molecular flexibility index (Phi) is 5.98. The van der Waals surface area contributed by atoms with Gasteiger partial charge in [0.1, 0.15) is 0 Å². The Morgan fingerprint density at radius 1 is 1.24 bits per heavy atom. The van der Waals surface area contributed by atoms with Crippen LogP contribution in [0.25, 0.3) is 0 Å². The lowest BCUT2D eigenvalue weighted by Crippen LogP contribution is -2.23. The Morgan fingerprint density at radius 2 is 1.90 bits per heavy atom. The van der Waals surface area contributed by atoms with Crippen LogP contribution in [0.3, 0.4) is 0 Å². The Balaban J connectivity index is 2.04. The molecular weight excluding hydrogens is 416 g/mol. The van der Waals surface area contributed by atoms with Crippen LogP contribution < -0.4 is 5.32 Å². The first-order valence-electron chi connectivity index (χ1n) is 6.42. The highest BCUT2D eigenvalue weighted by atomic mass is 79.9. The summed E-state index contributed by atoms with van der Waals surface area (Å²) in [6.07, 6.45) is 0. The molecule has 0 bridgehead atoms. The fourth-order valence-corrected chi connectivity index (χ4v) is 3.90. The Labute approximate surface area is 145 Å². The molecule has 0 fully saturated rings. The van der Waals surface area contributed by atoms with Gasteiger partial charge in [-0.3, -0.25) is 4.79 Å². The number of rotatable bonds is 5. The molecule has 0 aliphatic rings. The molecule has 0 atom stereocenters. The summed E-state index contributed by atoms with van der Waals surface area (Å²) in [6.45, 7) is 1.40. The smallest absolute Gasteiger partial charge is 0.261 e. The molecule has 1 N–H and O–H groups in total. The van der Waals surface area contributed by atoms with Crippen LogP contribution in [-0.2, 0) is 13.1 Å². The lowest BCUT2D eigenvalue weighted by atomic mass is 10.1. The molecule has 21 heavy (non-hydrogen) atoms. The van der Waals surface area contributed by atoms with E-state index in [-0.39, 0.29) is 5.91 Å². The first-order valence-corrected chi connectivity index (χ1v) is 8.82. The van der Waals surface area contributed by atoms with E-state index in [0.717, 1.165) is 20.4 Å². The average Bonchev–Trinajstić information content (AvgIpc) is 2.77. The molecular formula is C15H16Br2N2OS. The van der Waals surface area contributed by atoms with Crippen molar-refractivity contribution < 1.29 is 4.79 Å². The third-order valence-electron chi connectivity index (χ3n) is 2.91. The minimum Gasteiger partial charge on any atom is -0.347 e. The van der Waals surface area contributed by atoms with Gasteiger partial charge in [0.2, 0.25) is 0 Å². The van der Waals surface area contributed by atoms with E-state index < -0.39 is 0 Å². The summed E-state index contributed by atoms with van der Waals surface area (Å²) in [5.74, 6) is -0.0499. The summed E-state index contributed by atoms with van der Waals surface area (Å²) in [5.41, 5.74) is 2.38. The highest BCUT2D eigenvalue weighted by Gasteiger charge is 2.12. The van der Waals surface area contributed by atoms with Gasteiger partial charge in [-0.2, -0.15) is 0 Å². The quantitative estimate of drug-likeness (QED) is 0.766. The summed E-state index contributed by atoms with van der Waals surface area (Å²) in [7, 11) is 4.08. The first kappa shape index (κ1) is 16.7. The molecule has 1 amide bonds. The number of halogens is 2. The highest BCUT2D eigenvalue weighted by Crippen LogP contribution is 2.32. The highest BCUT2D eigenvalue weighted by molar-refractivity contribution is 9.13. The maximum Gasteiger partial charge on any atom is 0.261 e. The third kappa shape index (κ3) is 4.64. The molecule has 0 saturated heterocycles. The molecule has 0 radical (unpaired) electrons. The molecule has 6 heteroatoms. The van der Waals surface area contributed by atoms with Crippen molar-refractivity contribution in [1.82, 2.24) is 10.2 Å². The van der Waals surface area contributed by atoms with Crippen molar-refractivity contribution in [2.75, 3.05) is 14.1 Å². The van der Waals surface area contributed by atoms with E-state index in [1.807, 2.05) is 32.3 Å². The van der Waals surface area contributed by atoms with Crippen LogP contribution in [0.4, 0.5) is 0 Å². The average molecular weight is 432 g/mol. The van der Waals surface area contributed by atoms with Gasteiger partial charge in [0.05, 0.1) is 8.66 Å². The molecule has 0 unspecified atom stereocenters. The fraction of sp³-hybridized carbons (Fsp3) is 0.267. The maximum absolute atomic E-state index is 12.2. The van der Waals surface area contributed by atoms with Crippen molar-refractivity contribution >= 4 is 49.1 Å². The standard InChI is InChI=1S/C15H16Br2N2OS/c1-19(2)9-11-6-4-3-5-10(11)8-18-15(20)13-7-12(16)14(17)21-13/h3-7H,8-9H2,1-2H3,(H,18,20). The largest absolute Gasteiger partial charge is 0.347 e. The number of carbonyl (C=O) groups excluding carboxylic acids is 1. The van der Waals surface area contributed by atoms with Crippen LogP contribution in [-0.4, -0.2) is 24.9 Å². The summed E-state index contributed by atoms with van der Waals surface area (Å²) in [4.78, 5) is 15.0. The van der Waals surface area contributed by atoms with Gasteiger partial charge in [-0.05, 0) is 63.1 Å². The summed E-state index contributed by atoms with van der Waals surface area (Å²) >= 11 is 8.22. The lowest BCUT2D eigenvalue weighted by Gasteiger charge is -2.14. The second-order valence-electron chi connectivity index (χ2n) is 4.92. The van der Waals surface area contributed by atoms with Gasteiger partial charge in [-0.15, -0.1) is 11.3 Å². The van der Waals surface area contributed by atoms with Crippen LogP contribution >= 0.6 is 43.2 Å². The number of nitrogens with one attached hydrogen (secondary N) is 1. The normalized spacial score (nSPS) is 10.9. The Hall–Kier alpha value is -0.690. The molecule has 1 aromatic carbocycles. The van der Waals surface area contributed by atoms with E-state index in [9.17, 15) is 4.79 Å². The minimum absolute atomic E-state index is 0.0499. The van der Waals surface area contributed by atoms with Gasteiger partial charge < -0.3 is 10.2 Å². The monoisotopic (exact) mass is 430 g/mol. The number of amides is 1. The molecule has 2 aromatic rings. The van der Waals surface area contributed by atoms with Crippen LogP contribution in [0.1, 0.15) is 20.8 Å². The van der Waals surface area contributed by atoms with E-state index in [4.69, 9.17) is 0 Å². The molecule has 0 saturated carbocycles. The molecule has 2 rings (SSSR count). The molecule has 1 aromatic heterocycles. The van der Waals surface area contributed by atoms with Crippen molar-refractivity contribution in [1.29, 1.82) is 0 Å². The van der Waals surface area contributed by atoms with Gasteiger partial charge >= 0.3 is 0 Å². The summed E-state index contributed by atoms with van der Waals surface area (Å²) in [6, 6.07) is 10.0. The lowest BCUT2D eigenvalue weighted by molar-refractivity contribution is 0.0955. The molecule has 0 aliphatic carbocycles. The van der Waals surface area contributed by atoms with Crippen molar-refractivity contribution in [3.05, 3.63) is 54.6 Å². The predicted molar refractivity (Wildman–Crippen MR) is 94.7 cm³/mol. The van der Waals surface area contributed by atoms with Crippen molar-refractivity contribution in [3.8, 4) is 0 Å². The van der Waals surface area contributed by atoms with Crippen molar-refractivity contribution in [2.24, 2.45) is 0 Å². The number of nitrogens with zero attached hydrogens (tertiary/aromatic N) is 1. The zero-order chi connectivity index (χ0) is 15.4. The minimum atomic E-state index is -0.0499. The molecule has 0 spiro atoms. The van der Waals surface area contributed by atoms with Crippen molar-refractivity contribution in [2.45, 2.75) is 13.1 Å². The predicted octanol–water partition coefficient (Wildman–Crippen LogP) is 4.26. The number of benzene rings is 1. The van der Waals surface area contributed by atoms with E-state index in [0.29, 0.717) is 11.4 Å². The van der Waals surface area contributed by atoms with Gasteiger partial charge in [-0.1, -0.05) is 24.3 Å². The molecule has 0 aliphatic heterocycles. The van der Waals surface area contributed by atoms with Crippen LogP contribution in [0.5, 0.6) is 0 Å². The number of hydrogen-bond donors (Lipinski definition) is 1. The topological polar surface area (TPSA) is 32.3 Å². The SMILES string of the molecule is CN(C)Cc1ccccc1CNC(=O)c1cc(Br)c(Br)s1. The second-order valence-corrected chi connectivity index (χ2v) is 8.15. The zero-order valence-electron chi connectivity index (χ0n) is 11.8. The first-order chi connectivity index (χ1) is 9.97. The number of carbonyl (C=O) groups is 1. The van der Waals surface area contributed by atoms with Gasteiger partial charge in [0.25, 0.3) is 5.91 Å². The Bertz CT molecular complexity index is 621. The van der Waals surface area contributed by atoms with E-state index in [2.05, 4.69) is 54.2 Å². The van der Waals surface area contributed by atoms with E-state index in [1.54, 1.807) is 0 Å². The maximum atomic E-state index is 12.2. The van der Waals surface area contributed by atoms with Crippen LogP contribution in [0.15, 0.2) is 38.6 Å². The van der Waals surface area contributed by atoms with Crippen LogP contribution in [0.2, 0.25) is 0 Å². The van der Waals surface area contributed by atoms with E-state index in [1.165, 1.54) is 16.9 Å². The second kappa shape index (κ2) is 7.54. The number of thiophene rings is 1.